The SMILES string of the molecule is CC(NC(=O)NCCc1ccccc1)c1ccc2c(c1)OCCO2. The van der Waals surface area contributed by atoms with Crippen LogP contribution in [-0.2, 0) is 6.42 Å². The Morgan fingerprint density at radius 3 is 2.62 bits per heavy atom. The summed E-state index contributed by atoms with van der Waals surface area (Å²) < 4.78 is 11.1. The van der Waals surface area contributed by atoms with Gasteiger partial charge in [0.2, 0.25) is 0 Å². The molecular formula is C19H22N2O3. The fourth-order valence-corrected chi connectivity index (χ4v) is 2.63. The van der Waals surface area contributed by atoms with Crippen molar-refractivity contribution < 1.29 is 14.3 Å². The Morgan fingerprint density at radius 1 is 1.08 bits per heavy atom. The van der Waals surface area contributed by atoms with E-state index in [1.54, 1.807) is 0 Å². The van der Waals surface area contributed by atoms with Crippen molar-refractivity contribution >= 4 is 6.03 Å². The Morgan fingerprint density at radius 2 is 1.83 bits per heavy atom. The van der Waals surface area contributed by atoms with E-state index in [4.69, 9.17) is 9.47 Å². The Hall–Kier alpha value is -2.69. The van der Waals surface area contributed by atoms with E-state index >= 15 is 0 Å². The average molecular weight is 326 g/mol. The molecule has 0 saturated carbocycles. The standard InChI is InChI=1S/C19H22N2O3/c1-14(16-7-8-17-18(13-16)24-12-11-23-17)21-19(22)20-10-9-15-5-3-2-4-6-15/h2-8,13-14H,9-12H2,1H3,(H2,20,21,22). The van der Waals surface area contributed by atoms with Gasteiger partial charge in [0.05, 0.1) is 6.04 Å². The van der Waals surface area contributed by atoms with Crippen LogP contribution in [0.1, 0.15) is 24.1 Å². The van der Waals surface area contributed by atoms with Gasteiger partial charge in [0.1, 0.15) is 13.2 Å². The number of benzene rings is 2. The van der Waals surface area contributed by atoms with Crippen LogP contribution in [0.2, 0.25) is 0 Å². The van der Waals surface area contributed by atoms with E-state index in [9.17, 15) is 4.79 Å². The maximum Gasteiger partial charge on any atom is 0.315 e. The number of hydrogen-bond acceptors (Lipinski definition) is 3. The number of nitrogens with one attached hydrogen (secondary N) is 2. The summed E-state index contributed by atoms with van der Waals surface area (Å²) in [7, 11) is 0. The van der Waals surface area contributed by atoms with E-state index < -0.39 is 0 Å². The van der Waals surface area contributed by atoms with Gasteiger partial charge in [-0.25, -0.2) is 4.79 Å². The third-order valence-electron chi connectivity index (χ3n) is 3.96. The zero-order valence-electron chi connectivity index (χ0n) is 13.7. The van der Waals surface area contributed by atoms with Crippen molar-refractivity contribution in [3.05, 3.63) is 59.7 Å². The molecule has 2 N–H and O–H groups in total. The number of carbonyl (C=O) groups excluding carboxylic acids is 1. The molecule has 0 aromatic heterocycles. The second kappa shape index (κ2) is 7.73. The first-order chi connectivity index (χ1) is 11.7. The molecule has 5 heteroatoms. The van der Waals surface area contributed by atoms with Gasteiger partial charge in [0.25, 0.3) is 0 Å². The topological polar surface area (TPSA) is 59.6 Å². The molecule has 5 nitrogen and oxygen atoms in total. The quantitative estimate of drug-likeness (QED) is 0.888. The summed E-state index contributed by atoms with van der Waals surface area (Å²) in [5.41, 5.74) is 2.19. The smallest absolute Gasteiger partial charge is 0.315 e. The van der Waals surface area contributed by atoms with Gasteiger partial charge < -0.3 is 20.1 Å². The van der Waals surface area contributed by atoms with E-state index in [-0.39, 0.29) is 12.1 Å². The number of rotatable bonds is 5. The van der Waals surface area contributed by atoms with Crippen LogP contribution >= 0.6 is 0 Å². The lowest BCUT2D eigenvalue weighted by atomic mass is 10.1. The Balaban J connectivity index is 1.49. The lowest BCUT2D eigenvalue weighted by Crippen LogP contribution is -2.38. The highest BCUT2D eigenvalue weighted by Crippen LogP contribution is 2.32. The van der Waals surface area contributed by atoms with Gasteiger partial charge in [-0.05, 0) is 36.6 Å². The Labute approximate surface area is 142 Å². The van der Waals surface area contributed by atoms with Crippen LogP contribution in [0, 0.1) is 0 Å². The van der Waals surface area contributed by atoms with Crippen LogP contribution in [0.4, 0.5) is 4.79 Å². The van der Waals surface area contributed by atoms with Crippen LogP contribution < -0.4 is 20.1 Å². The van der Waals surface area contributed by atoms with E-state index in [1.165, 1.54) is 5.56 Å². The van der Waals surface area contributed by atoms with Gasteiger partial charge in [-0.2, -0.15) is 0 Å². The number of carbonyl (C=O) groups is 1. The minimum Gasteiger partial charge on any atom is -0.486 e. The number of urea groups is 1. The maximum atomic E-state index is 12.0. The number of amides is 2. The van der Waals surface area contributed by atoms with Crippen molar-refractivity contribution in [1.82, 2.24) is 10.6 Å². The van der Waals surface area contributed by atoms with Crippen molar-refractivity contribution in [1.29, 1.82) is 0 Å². The summed E-state index contributed by atoms with van der Waals surface area (Å²) in [5, 5.41) is 5.83. The summed E-state index contributed by atoms with van der Waals surface area (Å²) in [4.78, 5) is 12.0. The molecule has 0 fully saturated rings. The molecule has 0 radical (unpaired) electrons. The number of ether oxygens (including phenoxy) is 2. The molecule has 0 saturated heterocycles. The predicted octanol–water partition coefficient (Wildman–Crippen LogP) is 3.06. The van der Waals surface area contributed by atoms with Gasteiger partial charge in [0.15, 0.2) is 11.5 Å². The van der Waals surface area contributed by atoms with E-state index in [1.807, 2.05) is 43.3 Å². The first kappa shape index (κ1) is 16.2. The molecule has 1 aliphatic heterocycles. The molecule has 2 aromatic rings. The largest absolute Gasteiger partial charge is 0.486 e. The minimum absolute atomic E-state index is 0.113. The summed E-state index contributed by atoms with van der Waals surface area (Å²) in [6.45, 7) is 3.67. The van der Waals surface area contributed by atoms with Crippen LogP contribution in [0.5, 0.6) is 11.5 Å². The molecule has 1 aliphatic rings. The van der Waals surface area contributed by atoms with Gasteiger partial charge >= 0.3 is 6.03 Å². The van der Waals surface area contributed by atoms with Gasteiger partial charge in [0, 0.05) is 6.54 Å². The molecule has 0 spiro atoms. The lowest BCUT2D eigenvalue weighted by molar-refractivity contribution is 0.171. The Bertz CT molecular complexity index is 688. The van der Waals surface area contributed by atoms with E-state index in [0.29, 0.717) is 19.8 Å². The Kier molecular flexibility index (Phi) is 5.21. The monoisotopic (exact) mass is 326 g/mol. The second-order valence-corrected chi connectivity index (χ2v) is 5.76. The highest BCUT2D eigenvalue weighted by Gasteiger charge is 2.15. The van der Waals surface area contributed by atoms with Crippen LogP contribution in [-0.4, -0.2) is 25.8 Å². The molecular weight excluding hydrogens is 304 g/mol. The summed E-state index contributed by atoms with van der Waals surface area (Å²) in [6.07, 6.45) is 0.812. The normalized spacial score (nSPS) is 13.9. The summed E-state index contributed by atoms with van der Waals surface area (Å²) in [6, 6.07) is 15.6. The van der Waals surface area contributed by atoms with E-state index in [2.05, 4.69) is 22.8 Å². The van der Waals surface area contributed by atoms with Gasteiger partial charge in [-0.1, -0.05) is 36.4 Å². The van der Waals surface area contributed by atoms with Crippen LogP contribution in [0.3, 0.4) is 0 Å². The molecule has 2 aromatic carbocycles. The third-order valence-corrected chi connectivity index (χ3v) is 3.96. The lowest BCUT2D eigenvalue weighted by Gasteiger charge is -2.21. The third kappa shape index (κ3) is 4.19. The zero-order valence-corrected chi connectivity index (χ0v) is 13.7. The molecule has 0 aliphatic carbocycles. The molecule has 1 unspecified atom stereocenters. The maximum absolute atomic E-state index is 12.0. The van der Waals surface area contributed by atoms with Crippen molar-refractivity contribution in [3.63, 3.8) is 0 Å². The van der Waals surface area contributed by atoms with Crippen molar-refractivity contribution in [3.8, 4) is 11.5 Å². The fourth-order valence-electron chi connectivity index (χ4n) is 2.63. The zero-order chi connectivity index (χ0) is 16.8. The van der Waals surface area contributed by atoms with Gasteiger partial charge in [-0.15, -0.1) is 0 Å². The molecule has 0 bridgehead atoms. The molecule has 1 atom stereocenters. The fraction of sp³-hybridized carbons (Fsp3) is 0.316. The summed E-state index contributed by atoms with van der Waals surface area (Å²) in [5.74, 6) is 1.49. The van der Waals surface area contributed by atoms with Crippen molar-refractivity contribution in [2.24, 2.45) is 0 Å². The second-order valence-electron chi connectivity index (χ2n) is 5.76. The van der Waals surface area contributed by atoms with Crippen molar-refractivity contribution in [2.45, 2.75) is 19.4 Å². The highest BCUT2D eigenvalue weighted by molar-refractivity contribution is 5.74. The van der Waals surface area contributed by atoms with Gasteiger partial charge in [-0.3, -0.25) is 0 Å². The van der Waals surface area contributed by atoms with Crippen LogP contribution in [0.15, 0.2) is 48.5 Å². The molecule has 24 heavy (non-hydrogen) atoms. The van der Waals surface area contributed by atoms with Crippen LogP contribution in [0.25, 0.3) is 0 Å². The molecule has 3 rings (SSSR count). The molecule has 1 heterocycles. The average Bonchev–Trinajstić information content (AvgIpc) is 2.62. The number of fused-ring (bicyclic) bond motifs is 1. The minimum atomic E-state index is -0.173. The first-order valence-electron chi connectivity index (χ1n) is 8.20. The number of hydrogen-bond donors (Lipinski definition) is 2. The molecule has 126 valence electrons. The predicted molar refractivity (Wildman–Crippen MR) is 92.5 cm³/mol. The molecule has 2 amide bonds. The first-order valence-corrected chi connectivity index (χ1v) is 8.20. The summed E-state index contributed by atoms with van der Waals surface area (Å²) >= 11 is 0. The van der Waals surface area contributed by atoms with Crippen molar-refractivity contribution in [2.75, 3.05) is 19.8 Å². The highest BCUT2D eigenvalue weighted by atomic mass is 16.6. The van der Waals surface area contributed by atoms with E-state index in [0.717, 1.165) is 23.5 Å².